The third-order valence-corrected chi connectivity index (χ3v) is 4.23. The highest BCUT2D eigenvalue weighted by Gasteiger charge is 2.45. The van der Waals surface area contributed by atoms with Gasteiger partial charge in [0.2, 0.25) is 0 Å². The van der Waals surface area contributed by atoms with Gasteiger partial charge in [0.1, 0.15) is 11.7 Å². The molecule has 0 fully saturated rings. The molecular weight excluding hydrogens is 324 g/mol. The minimum atomic E-state index is -1.33. The van der Waals surface area contributed by atoms with E-state index < -0.39 is 5.41 Å². The van der Waals surface area contributed by atoms with E-state index in [1.807, 2.05) is 12.1 Å². The van der Waals surface area contributed by atoms with Crippen molar-refractivity contribution in [3.05, 3.63) is 96.1 Å². The predicted octanol–water partition coefficient (Wildman–Crippen LogP) is 4.85. The molecule has 3 heteroatoms. The van der Waals surface area contributed by atoms with Crippen molar-refractivity contribution in [2.24, 2.45) is 5.41 Å². The topological polar surface area (TPSA) is 51.2 Å². The number of hydrogen-bond donors (Lipinski definition) is 0. The van der Waals surface area contributed by atoms with Gasteiger partial charge < -0.3 is 0 Å². The lowest BCUT2D eigenvalue weighted by atomic mass is 9.68. The summed E-state index contributed by atoms with van der Waals surface area (Å²) in [7, 11) is 0. The van der Waals surface area contributed by atoms with Crippen LogP contribution in [0.5, 0.6) is 0 Å². The van der Waals surface area contributed by atoms with E-state index >= 15 is 0 Å². The average Bonchev–Trinajstić information content (AvgIpc) is 2.67. The van der Waals surface area contributed by atoms with E-state index in [2.05, 4.69) is 6.58 Å². The highest BCUT2D eigenvalue weighted by molar-refractivity contribution is 6.20. The van der Waals surface area contributed by atoms with Crippen molar-refractivity contribution in [2.75, 3.05) is 0 Å². The first kappa shape index (κ1) is 19.3. The maximum absolute atomic E-state index is 13.4. The van der Waals surface area contributed by atoms with Crippen LogP contribution in [0, 0.1) is 5.41 Å². The van der Waals surface area contributed by atoms with Gasteiger partial charge in [-0.2, -0.15) is 0 Å². The molecule has 2 rings (SSSR count). The molecule has 3 nitrogen and oxygen atoms in total. The molecule has 26 heavy (non-hydrogen) atoms. The lowest BCUT2D eigenvalue weighted by molar-refractivity contribution is -0.104. The van der Waals surface area contributed by atoms with Crippen LogP contribution in [-0.4, -0.2) is 17.9 Å². The molecule has 0 saturated carbocycles. The Kier molecular flexibility index (Phi) is 6.56. The van der Waals surface area contributed by atoms with Gasteiger partial charge >= 0.3 is 0 Å². The molecule has 2 aromatic rings. The molecule has 0 heterocycles. The van der Waals surface area contributed by atoms with Crippen LogP contribution < -0.4 is 0 Å². The molecule has 0 amide bonds. The van der Waals surface area contributed by atoms with Crippen molar-refractivity contribution in [3.63, 3.8) is 0 Å². The molecule has 0 N–H and O–H groups in total. The summed E-state index contributed by atoms with van der Waals surface area (Å²) in [6, 6.07) is 17.5. The normalized spacial score (nSPS) is 11.3. The second kappa shape index (κ2) is 8.86. The van der Waals surface area contributed by atoms with Crippen LogP contribution >= 0.6 is 0 Å². The monoisotopic (exact) mass is 346 g/mol. The number of carbonyl (C=O) groups excluding carboxylic acids is 3. The van der Waals surface area contributed by atoms with Crippen LogP contribution in [0.1, 0.15) is 40.5 Å². The second-order valence-electron chi connectivity index (χ2n) is 6.37. The summed E-state index contributed by atoms with van der Waals surface area (Å²) in [6.07, 6.45) is 3.91. The Bertz CT molecular complexity index is 766. The van der Waals surface area contributed by atoms with E-state index in [0.29, 0.717) is 17.4 Å². The minimum Gasteiger partial charge on any atom is -0.299 e. The van der Waals surface area contributed by atoms with Gasteiger partial charge in [0, 0.05) is 11.1 Å². The van der Waals surface area contributed by atoms with Crippen LogP contribution in [0.25, 0.3) is 0 Å². The van der Waals surface area contributed by atoms with Gasteiger partial charge in [0.05, 0.1) is 0 Å². The van der Waals surface area contributed by atoms with Crippen LogP contribution in [0.2, 0.25) is 0 Å². The van der Waals surface area contributed by atoms with Gasteiger partial charge in [0.25, 0.3) is 0 Å². The Labute approximate surface area is 154 Å². The number of allylic oxidation sites excluding steroid dienone is 3. The van der Waals surface area contributed by atoms with Crippen molar-refractivity contribution in [3.8, 4) is 0 Å². The van der Waals surface area contributed by atoms with Gasteiger partial charge in [0.15, 0.2) is 11.6 Å². The largest absolute Gasteiger partial charge is 0.299 e. The van der Waals surface area contributed by atoms with Crippen LogP contribution in [-0.2, 0) is 4.79 Å². The lowest BCUT2D eigenvalue weighted by Gasteiger charge is -2.30. The van der Waals surface area contributed by atoms with E-state index in [1.165, 1.54) is 6.08 Å². The van der Waals surface area contributed by atoms with Crippen molar-refractivity contribution < 1.29 is 14.4 Å². The lowest BCUT2D eigenvalue weighted by Crippen LogP contribution is -2.39. The zero-order chi connectivity index (χ0) is 19.0. The highest BCUT2D eigenvalue weighted by atomic mass is 16.2. The average molecular weight is 346 g/mol. The minimum absolute atomic E-state index is 0.139. The molecule has 0 atom stereocenters. The Morgan fingerprint density at radius 3 is 1.77 bits per heavy atom. The van der Waals surface area contributed by atoms with Gasteiger partial charge in [-0.1, -0.05) is 72.3 Å². The maximum atomic E-state index is 13.4. The van der Waals surface area contributed by atoms with Gasteiger partial charge in [-0.05, 0) is 25.8 Å². The van der Waals surface area contributed by atoms with E-state index in [9.17, 15) is 14.4 Å². The highest BCUT2D eigenvalue weighted by Crippen LogP contribution is 2.38. The Hall–Kier alpha value is -3.07. The first-order valence-corrected chi connectivity index (χ1v) is 8.45. The number of hydrogen-bond acceptors (Lipinski definition) is 3. The summed E-state index contributed by atoms with van der Waals surface area (Å²) in [4.78, 5) is 37.6. The smallest absolute Gasteiger partial charge is 0.177 e. The quantitative estimate of drug-likeness (QED) is 0.214. The Morgan fingerprint density at radius 2 is 1.38 bits per heavy atom. The predicted molar refractivity (Wildman–Crippen MR) is 103 cm³/mol. The standard InChI is InChI=1S/C23H22O3/c1-18(2)17-23(15-9-10-16-24,21(25)19-11-5-3-6-12-19)22(26)20-13-7-4-8-14-20/h3-14,16H,1,15,17H2,2H3/b10-9+. The molecule has 0 saturated heterocycles. The summed E-state index contributed by atoms with van der Waals surface area (Å²) in [5, 5.41) is 0. The molecule has 0 spiro atoms. The summed E-state index contributed by atoms with van der Waals surface area (Å²) in [6.45, 7) is 5.72. The molecule has 0 aromatic heterocycles. The Morgan fingerprint density at radius 1 is 0.923 bits per heavy atom. The summed E-state index contributed by atoms with van der Waals surface area (Å²) in [5.41, 5.74) is 0.349. The third-order valence-electron chi connectivity index (χ3n) is 4.23. The van der Waals surface area contributed by atoms with Crippen molar-refractivity contribution >= 4 is 17.9 Å². The molecule has 0 aliphatic rings. The first-order valence-electron chi connectivity index (χ1n) is 8.45. The SMILES string of the molecule is C=C(C)CC(C/C=C/C=O)(C(=O)c1ccccc1)C(=O)c1ccccc1. The molecule has 0 aliphatic carbocycles. The van der Waals surface area contributed by atoms with Crippen LogP contribution in [0.4, 0.5) is 0 Å². The fourth-order valence-corrected chi connectivity index (χ4v) is 3.09. The Balaban J connectivity index is 2.61. The van der Waals surface area contributed by atoms with E-state index in [1.54, 1.807) is 61.5 Å². The molecule has 0 bridgehead atoms. The molecule has 0 radical (unpaired) electrons. The summed E-state index contributed by atoms with van der Waals surface area (Å²) in [5.74, 6) is -0.518. The van der Waals surface area contributed by atoms with Crippen LogP contribution in [0.15, 0.2) is 85.0 Å². The number of rotatable bonds is 9. The molecule has 0 aliphatic heterocycles. The third kappa shape index (κ3) is 4.31. The molecule has 132 valence electrons. The first-order chi connectivity index (χ1) is 12.5. The van der Waals surface area contributed by atoms with Crippen molar-refractivity contribution in [1.29, 1.82) is 0 Å². The van der Waals surface area contributed by atoms with Crippen LogP contribution in [0.3, 0.4) is 0 Å². The molecular formula is C23H22O3. The zero-order valence-corrected chi connectivity index (χ0v) is 14.9. The zero-order valence-electron chi connectivity index (χ0n) is 14.9. The van der Waals surface area contributed by atoms with E-state index in [-0.39, 0.29) is 24.4 Å². The summed E-state index contributed by atoms with van der Waals surface area (Å²) < 4.78 is 0. The maximum Gasteiger partial charge on any atom is 0.177 e. The van der Waals surface area contributed by atoms with Gasteiger partial charge in [-0.25, -0.2) is 0 Å². The second-order valence-corrected chi connectivity index (χ2v) is 6.37. The number of benzene rings is 2. The number of ketones is 2. The van der Waals surface area contributed by atoms with Crippen molar-refractivity contribution in [1.82, 2.24) is 0 Å². The van der Waals surface area contributed by atoms with E-state index in [0.717, 1.165) is 5.57 Å². The van der Waals surface area contributed by atoms with E-state index in [4.69, 9.17) is 0 Å². The van der Waals surface area contributed by atoms with Gasteiger partial charge in [-0.15, -0.1) is 6.58 Å². The fraction of sp³-hybridized carbons (Fsp3) is 0.174. The van der Waals surface area contributed by atoms with Crippen molar-refractivity contribution in [2.45, 2.75) is 19.8 Å². The number of aldehydes is 1. The fourth-order valence-electron chi connectivity index (χ4n) is 3.09. The number of carbonyl (C=O) groups is 3. The molecule has 2 aromatic carbocycles. The van der Waals surface area contributed by atoms with Gasteiger partial charge in [-0.3, -0.25) is 14.4 Å². The summed E-state index contributed by atoms with van der Waals surface area (Å²) >= 11 is 0. The number of Topliss-reactive ketones (excluding diaryl/α,β-unsaturated/α-hetero) is 2. The molecule has 0 unspecified atom stereocenters.